The van der Waals surface area contributed by atoms with Crippen molar-refractivity contribution >= 4 is 5.78 Å². The monoisotopic (exact) mass is 483 g/mol. The van der Waals surface area contributed by atoms with Gasteiger partial charge in [-0.2, -0.15) is 0 Å². The maximum Gasteiger partial charge on any atom is 0.234 e. The van der Waals surface area contributed by atoms with Crippen molar-refractivity contribution in [1.29, 1.82) is 0 Å². The van der Waals surface area contributed by atoms with Gasteiger partial charge in [-0.3, -0.25) is 19.4 Å². The average molecular weight is 484 g/mol. The molecule has 2 aliphatic carbocycles. The normalized spacial score (nSPS) is 26.6. The van der Waals surface area contributed by atoms with Gasteiger partial charge >= 0.3 is 0 Å². The first-order valence-electron chi connectivity index (χ1n) is 12.8. The zero-order valence-electron chi connectivity index (χ0n) is 19.8. The fourth-order valence-corrected chi connectivity index (χ4v) is 6.54. The van der Waals surface area contributed by atoms with E-state index in [0.717, 1.165) is 25.1 Å². The quantitative estimate of drug-likeness (QED) is 0.655. The Balaban J connectivity index is 1.28. The number of carbonyl (C=O) groups is 1. The molecule has 35 heavy (non-hydrogen) atoms. The van der Waals surface area contributed by atoms with Crippen LogP contribution in [-0.4, -0.2) is 50.1 Å². The van der Waals surface area contributed by atoms with Crippen molar-refractivity contribution in [2.45, 2.75) is 82.7 Å². The third-order valence-corrected chi connectivity index (χ3v) is 8.52. The first-order valence-corrected chi connectivity index (χ1v) is 12.8. The van der Waals surface area contributed by atoms with Crippen LogP contribution >= 0.6 is 0 Å². The molecule has 6 nitrogen and oxygen atoms in total. The highest BCUT2D eigenvalue weighted by atomic mass is 19.1. The molecule has 4 aliphatic rings. The zero-order valence-corrected chi connectivity index (χ0v) is 19.8. The molecule has 0 spiro atoms. The van der Waals surface area contributed by atoms with E-state index in [0.29, 0.717) is 36.8 Å². The second-order valence-corrected chi connectivity index (χ2v) is 10.7. The lowest BCUT2D eigenvalue weighted by Crippen LogP contribution is -2.65. The highest BCUT2D eigenvalue weighted by Gasteiger charge is 2.48. The van der Waals surface area contributed by atoms with Crippen molar-refractivity contribution < 1.29 is 18.7 Å². The van der Waals surface area contributed by atoms with Crippen molar-refractivity contribution in [3.8, 4) is 5.75 Å². The van der Waals surface area contributed by atoms with Crippen LogP contribution in [0.3, 0.4) is 0 Å². The highest BCUT2D eigenvalue weighted by Crippen LogP contribution is 2.43. The number of aromatic nitrogens is 1. The Hall–Kier alpha value is -2.58. The molecule has 3 atom stereocenters. The molecule has 1 saturated heterocycles. The van der Waals surface area contributed by atoms with Crippen LogP contribution in [0.25, 0.3) is 0 Å². The third-order valence-electron chi connectivity index (χ3n) is 8.52. The average Bonchev–Trinajstić information content (AvgIpc) is 3.69. The highest BCUT2D eigenvalue weighted by molar-refractivity contribution is 5.96. The van der Waals surface area contributed by atoms with E-state index in [4.69, 9.17) is 0 Å². The minimum atomic E-state index is -0.707. The SMILES string of the molecule is O=C(CCc1ccc(F)cc1F)c1cn2c(c(O)c1=O)CN1[C@H]3CCCC[C@H]3CN(C3CC3)[C@@H]1C2. The summed E-state index contributed by atoms with van der Waals surface area (Å²) in [5.74, 6) is -1.54. The molecule has 8 heteroatoms. The number of ketones is 1. The number of pyridine rings is 1. The molecule has 0 bridgehead atoms. The van der Waals surface area contributed by atoms with Gasteiger partial charge in [-0.05, 0) is 49.7 Å². The molecule has 186 valence electrons. The van der Waals surface area contributed by atoms with Crippen LogP contribution in [0.5, 0.6) is 5.75 Å². The van der Waals surface area contributed by atoms with Gasteiger partial charge in [0, 0.05) is 43.9 Å². The zero-order chi connectivity index (χ0) is 24.3. The van der Waals surface area contributed by atoms with Crippen LogP contribution in [0.1, 0.15) is 66.6 Å². The minimum absolute atomic E-state index is 0.0574. The summed E-state index contributed by atoms with van der Waals surface area (Å²) in [6.45, 7) is 2.22. The predicted molar refractivity (Wildman–Crippen MR) is 126 cm³/mol. The molecule has 1 aromatic carbocycles. The molecule has 2 aromatic rings. The van der Waals surface area contributed by atoms with Crippen molar-refractivity contribution in [2.75, 3.05) is 6.54 Å². The van der Waals surface area contributed by atoms with Gasteiger partial charge in [0.1, 0.15) is 11.6 Å². The van der Waals surface area contributed by atoms with E-state index in [1.165, 1.54) is 38.2 Å². The van der Waals surface area contributed by atoms with Crippen molar-refractivity contribution in [2.24, 2.45) is 5.92 Å². The molecular formula is C27H31F2N3O3. The summed E-state index contributed by atoms with van der Waals surface area (Å²) in [5, 5.41) is 10.9. The van der Waals surface area contributed by atoms with Crippen molar-refractivity contribution in [1.82, 2.24) is 14.4 Å². The summed E-state index contributed by atoms with van der Waals surface area (Å²) in [6.07, 6.45) is 9.07. The van der Waals surface area contributed by atoms with E-state index in [9.17, 15) is 23.5 Å². The molecule has 6 rings (SSSR count). The van der Waals surface area contributed by atoms with E-state index in [1.807, 2.05) is 4.57 Å². The summed E-state index contributed by atoms with van der Waals surface area (Å²) in [4.78, 5) is 31.1. The molecule has 1 aromatic heterocycles. The van der Waals surface area contributed by atoms with Crippen LogP contribution < -0.4 is 5.43 Å². The Morgan fingerprint density at radius 3 is 2.63 bits per heavy atom. The Bertz CT molecular complexity index is 1220. The van der Waals surface area contributed by atoms with E-state index < -0.39 is 22.8 Å². The Labute approximate surface area is 203 Å². The number of carbonyl (C=O) groups excluding carboxylic acids is 1. The molecule has 0 radical (unpaired) electrons. The molecule has 3 fully saturated rings. The summed E-state index contributed by atoms with van der Waals surface area (Å²) < 4.78 is 29.1. The minimum Gasteiger partial charge on any atom is -0.503 e. The third kappa shape index (κ3) is 4.10. The van der Waals surface area contributed by atoms with Gasteiger partial charge in [-0.25, -0.2) is 8.78 Å². The van der Waals surface area contributed by atoms with Gasteiger partial charge in [0.25, 0.3) is 0 Å². The van der Waals surface area contributed by atoms with Gasteiger partial charge in [-0.15, -0.1) is 0 Å². The molecular weight excluding hydrogens is 452 g/mol. The number of rotatable bonds is 5. The lowest BCUT2D eigenvalue weighted by Gasteiger charge is -2.56. The van der Waals surface area contributed by atoms with Crippen LogP contribution in [0.15, 0.2) is 29.2 Å². The Morgan fingerprint density at radius 1 is 1.06 bits per heavy atom. The second kappa shape index (κ2) is 8.82. The number of hydrogen-bond acceptors (Lipinski definition) is 5. The number of aryl methyl sites for hydroxylation is 1. The molecule has 3 heterocycles. The van der Waals surface area contributed by atoms with Crippen molar-refractivity contribution in [3.05, 3.63) is 63.1 Å². The number of nitrogens with zero attached hydrogens (tertiary/aromatic N) is 3. The molecule has 2 aliphatic heterocycles. The second-order valence-electron chi connectivity index (χ2n) is 10.7. The van der Waals surface area contributed by atoms with Gasteiger partial charge in [0.15, 0.2) is 11.5 Å². The van der Waals surface area contributed by atoms with E-state index in [1.54, 1.807) is 6.20 Å². The number of halogens is 2. The number of hydrogen-bond donors (Lipinski definition) is 1. The standard InChI is InChI=1S/C27H31F2N3O3/c28-18-7-5-16(21(29)11-18)6-10-24(33)20-13-30-15-25-31(19-8-9-19)12-17-3-1-2-4-22(17)32(25)14-23(30)27(35)26(20)34/h5,7,11,13,17,19,22,25,35H,1-4,6,8-10,12,14-15H2/t17-,22-,25-/m0/s1. The topological polar surface area (TPSA) is 65.8 Å². The van der Waals surface area contributed by atoms with Gasteiger partial charge in [0.2, 0.25) is 5.43 Å². The summed E-state index contributed by atoms with van der Waals surface area (Å²) >= 11 is 0. The largest absolute Gasteiger partial charge is 0.503 e. The predicted octanol–water partition coefficient (Wildman–Crippen LogP) is 3.83. The van der Waals surface area contributed by atoms with Crippen LogP contribution in [0, 0.1) is 17.6 Å². The number of fused-ring (bicyclic) bond motifs is 4. The smallest absolute Gasteiger partial charge is 0.234 e. The first kappa shape index (κ1) is 22.9. The Morgan fingerprint density at radius 2 is 1.86 bits per heavy atom. The summed E-state index contributed by atoms with van der Waals surface area (Å²) in [6, 6.07) is 4.34. The number of Topliss-reactive ketones (excluding diaryl/α,β-unsaturated/α-hetero) is 1. The first-order chi connectivity index (χ1) is 16.9. The summed E-state index contributed by atoms with van der Waals surface area (Å²) in [7, 11) is 0. The van der Waals surface area contributed by atoms with E-state index >= 15 is 0 Å². The van der Waals surface area contributed by atoms with Crippen molar-refractivity contribution in [3.63, 3.8) is 0 Å². The molecule has 0 amide bonds. The number of aromatic hydroxyl groups is 1. The Kier molecular flexibility index (Phi) is 5.76. The molecule has 0 unspecified atom stereocenters. The maximum atomic E-state index is 14.0. The van der Waals surface area contributed by atoms with Gasteiger partial charge in [-0.1, -0.05) is 18.9 Å². The lowest BCUT2D eigenvalue weighted by atomic mass is 9.80. The molecule has 1 N–H and O–H groups in total. The molecule has 2 saturated carbocycles. The van der Waals surface area contributed by atoms with E-state index in [2.05, 4.69) is 9.80 Å². The number of benzene rings is 1. The lowest BCUT2D eigenvalue weighted by molar-refractivity contribution is -0.106. The van der Waals surface area contributed by atoms with Gasteiger partial charge < -0.3 is 9.67 Å². The maximum absolute atomic E-state index is 14.0. The van der Waals surface area contributed by atoms with Crippen LogP contribution in [0.2, 0.25) is 0 Å². The fourth-order valence-electron chi connectivity index (χ4n) is 6.54. The van der Waals surface area contributed by atoms with Gasteiger partial charge in [0.05, 0.1) is 24.0 Å². The van der Waals surface area contributed by atoms with Crippen LogP contribution in [-0.2, 0) is 19.5 Å². The summed E-state index contributed by atoms with van der Waals surface area (Å²) in [5.41, 5.74) is 0.0819. The van der Waals surface area contributed by atoms with Crippen LogP contribution in [0.4, 0.5) is 8.78 Å². The van der Waals surface area contributed by atoms with E-state index in [-0.39, 0.29) is 35.9 Å². The fraction of sp³-hybridized carbons (Fsp3) is 0.556.